The second kappa shape index (κ2) is 6.11. The molecule has 0 aliphatic carbocycles. The molecular formula is C16H19BrN2. The Hall–Kier alpha value is -1.48. The first-order valence-corrected chi connectivity index (χ1v) is 7.21. The Morgan fingerprint density at radius 3 is 2.63 bits per heavy atom. The molecular weight excluding hydrogens is 300 g/mol. The van der Waals surface area contributed by atoms with Crippen LogP contribution in [0.3, 0.4) is 0 Å². The van der Waals surface area contributed by atoms with E-state index in [0.717, 1.165) is 28.8 Å². The van der Waals surface area contributed by atoms with E-state index in [1.807, 2.05) is 12.1 Å². The number of anilines is 2. The topological polar surface area (TPSA) is 38.0 Å². The third-order valence-corrected chi connectivity index (χ3v) is 3.81. The second-order valence-electron chi connectivity index (χ2n) is 4.79. The zero-order valence-electron chi connectivity index (χ0n) is 11.3. The lowest BCUT2D eigenvalue weighted by molar-refractivity contribution is 1.00. The molecule has 0 heterocycles. The SMILES string of the molecule is Cc1ccc(Br)cc1CCNc1c(C)cccc1N. The van der Waals surface area contributed by atoms with Crippen LogP contribution in [0.4, 0.5) is 11.4 Å². The molecule has 0 spiro atoms. The van der Waals surface area contributed by atoms with Gasteiger partial charge in [0.25, 0.3) is 0 Å². The van der Waals surface area contributed by atoms with Gasteiger partial charge in [-0.15, -0.1) is 0 Å². The molecule has 0 radical (unpaired) electrons. The van der Waals surface area contributed by atoms with Gasteiger partial charge in [0.05, 0.1) is 11.4 Å². The van der Waals surface area contributed by atoms with Crippen LogP contribution in [-0.2, 0) is 6.42 Å². The maximum Gasteiger partial charge on any atom is 0.0603 e. The van der Waals surface area contributed by atoms with Crippen LogP contribution >= 0.6 is 15.9 Å². The van der Waals surface area contributed by atoms with Gasteiger partial charge in [0.1, 0.15) is 0 Å². The van der Waals surface area contributed by atoms with Crippen molar-refractivity contribution < 1.29 is 0 Å². The van der Waals surface area contributed by atoms with Gasteiger partial charge in [-0.05, 0) is 55.2 Å². The number of nitrogen functional groups attached to an aromatic ring is 1. The van der Waals surface area contributed by atoms with E-state index < -0.39 is 0 Å². The van der Waals surface area contributed by atoms with Crippen molar-refractivity contribution in [1.82, 2.24) is 0 Å². The van der Waals surface area contributed by atoms with E-state index >= 15 is 0 Å². The fourth-order valence-corrected chi connectivity index (χ4v) is 2.57. The summed E-state index contributed by atoms with van der Waals surface area (Å²) in [4.78, 5) is 0. The van der Waals surface area contributed by atoms with Crippen molar-refractivity contribution in [1.29, 1.82) is 0 Å². The highest BCUT2D eigenvalue weighted by Gasteiger charge is 2.03. The Kier molecular flexibility index (Phi) is 4.48. The predicted octanol–water partition coefficient (Wildman–Crippen LogP) is 4.30. The Balaban J connectivity index is 2.02. The van der Waals surface area contributed by atoms with Crippen LogP contribution in [0, 0.1) is 13.8 Å². The van der Waals surface area contributed by atoms with Crippen molar-refractivity contribution in [2.24, 2.45) is 0 Å². The van der Waals surface area contributed by atoms with E-state index in [1.54, 1.807) is 0 Å². The van der Waals surface area contributed by atoms with Gasteiger partial charge in [0.2, 0.25) is 0 Å². The molecule has 0 aliphatic heterocycles. The molecule has 100 valence electrons. The van der Waals surface area contributed by atoms with Gasteiger partial charge in [0, 0.05) is 11.0 Å². The predicted molar refractivity (Wildman–Crippen MR) is 86.7 cm³/mol. The van der Waals surface area contributed by atoms with Crippen LogP contribution in [0.2, 0.25) is 0 Å². The Morgan fingerprint density at radius 1 is 1.11 bits per heavy atom. The standard InChI is InChI=1S/C16H19BrN2/c1-11-6-7-14(17)10-13(11)8-9-19-16-12(2)4-3-5-15(16)18/h3-7,10,19H,8-9,18H2,1-2H3. The van der Waals surface area contributed by atoms with E-state index in [4.69, 9.17) is 5.73 Å². The summed E-state index contributed by atoms with van der Waals surface area (Å²) < 4.78 is 1.13. The molecule has 0 saturated carbocycles. The first-order valence-electron chi connectivity index (χ1n) is 6.42. The van der Waals surface area contributed by atoms with Crippen LogP contribution < -0.4 is 11.1 Å². The average Bonchev–Trinajstić information content (AvgIpc) is 2.37. The maximum atomic E-state index is 5.98. The van der Waals surface area contributed by atoms with E-state index in [9.17, 15) is 0 Å². The number of para-hydroxylation sites is 1. The largest absolute Gasteiger partial charge is 0.397 e. The molecule has 0 atom stereocenters. The minimum absolute atomic E-state index is 0.811. The number of hydrogen-bond donors (Lipinski definition) is 2. The fourth-order valence-electron chi connectivity index (χ4n) is 2.16. The van der Waals surface area contributed by atoms with Crippen LogP contribution in [-0.4, -0.2) is 6.54 Å². The van der Waals surface area contributed by atoms with E-state index in [0.29, 0.717) is 0 Å². The molecule has 2 aromatic rings. The third-order valence-electron chi connectivity index (χ3n) is 3.31. The summed E-state index contributed by atoms with van der Waals surface area (Å²) in [5, 5.41) is 3.44. The first kappa shape index (κ1) is 13.9. The summed E-state index contributed by atoms with van der Waals surface area (Å²) in [6.07, 6.45) is 0.985. The van der Waals surface area contributed by atoms with E-state index in [2.05, 4.69) is 59.4 Å². The van der Waals surface area contributed by atoms with Crippen molar-refractivity contribution >= 4 is 27.3 Å². The van der Waals surface area contributed by atoms with Crippen molar-refractivity contribution in [3.05, 3.63) is 57.6 Å². The molecule has 0 aromatic heterocycles. The van der Waals surface area contributed by atoms with Crippen LogP contribution in [0.1, 0.15) is 16.7 Å². The smallest absolute Gasteiger partial charge is 0.0603 e. The number of aryl methyl sites for hydroxylation is 2. The molecule has 0 saturated heterocycles. The van der Waals surface area contributed by atoms with Crippen LogP contribution in [0.15, 0.2) is 40.9 Å². The number of halogens is 1. The summed E-state index contributed by atoms with van der Waals surface area (Å²) in [5.74, 6) is 0. The van der Waals surface area contributed by atoms with Gasteiger partial charge in [0.15, 0.2) is 0 Å². The monoisotopic (exact) mass is 318 g/mol. The molecule has 2 nitrogen and oxygen atoms in total. The maximum absolute atomic E-state index is 5.98. The molecule has 0 bridgehead atoms. The first-order chi connectivity index (χ1) is 9.08. The van der Waals surface area contributed by atoms with E-state index in [1.165, 1.54) is 16.7 Å². The van der Waals surface area contributed by atoms with Crippen LogP contribution in [0.5, 0.6) is 0 Å². The third kappa shape index (κ3) is 3.51. The van der Waals surface area contributed by atoms with Gasteiger partial charge in [-0.3, -0.25) is 0 Å². The number of nitrogens with two attached hydrogens (primary N) is 1. The molecule has 2 aromatic carbocycles. The number of hydrogen-bond acceptors (Lipinski definition) is 2. The molecule has 0 fully saturated rings. The quantitative estimate of drug-likeness (QED) is 0.825. The minimum atomic E-state index is 0.811. The highest BCUT2D eigenvalue weighted by Crippen LogP contribution is 2.23. The zero-order chi connectivity index (χ0) is 13.8. The summed E-state index contributed by atoms with van der Waals surface area (Å²) >= 11 is 3.52. The lowest BCUT2D eigenvalue weighted by Gasteiger charge is -2.13. The van der Waals surface area contributed by atoms with Crippen molar-refractivity contribution in [3.8, 4) is 0 Å². The molecule has 0 aliphatic rings. The van der Waals surface area contributed by atoms with Gasteiger partial charge in [-0.25, -0.2) is 0 Å². The van der Waals surface area contributed by atoms with Gasteiger partial charge in [-0.1, -0.05) is 34.1 Å². The lowest BCUT2D eigenvalue weighted by Crippen LogP contribution is -2.08. The summed E-state index contributed by atoms with van der Waals surface area (Å²) in [5.41, 5.74) is 11.7. The molecule has 3 heteroatoms. The van der Waals surface area contributed by atoms with E-state index in [-0.39, 0.29) is 0 Å². The summed E-state index contributed by atoms with van der Waals surface area (Å²) in [7, 11) is 0. The zero-order valence-corrected chi connectivity index (χ0v) is 12.9. The average molecular weight is 319 g/mol. The van der Waals surface area contributed by atoms with Crippen LogP contribution in [0.25, 0.3) is 0 Å². The molecule has 0 unspecified atom stereocenters. The van der Waals surface area contributed by atoms with Crippen molar-refractivity contribution in [2.75, 3.05) is 17.6 Å². The molecule has 2 rings (SSSR count). The van der Waals surface area contributed by atoms with Gasteiger partial charge < -0.3 is 11.1 Å². The normalized spacial score (nSPS) is 10.5. The lowest BCUT2D eigenvalue weighted by atomic mass is 10.1. The Morgan fingerprint density at radius 2 is 1.89 bits per heavy atom. The number of rotatable bonds is 4. The Bertz CT molecular complexity index is 559. The minimum Gasteiger partial charge on any atom is -0.397 e. The molecule has 0 amide bonds. The number of benzene rings is 2. The molecule has 19 heavy (non-hydrogen) atoms. The van der Waals surface area contributed by atoms with Gasteiger partial charge >= 0.3 is 0 Å². The highest BCUT2D eigenvalue weighted by molar-refractivity contribution is 9.10. The second-order valence-corrected chi connectivity index (χ2v) is 5.70. The number of nitrogens with one attached hydrogen (secondary N) is 1. The van der Waals surface area contributed by atoms with Crippen molar-refractivity contribution in [3.63, 3.8) is 0 Å². The summed E-state index contributed by atoms with van der Waals surface area (Å²) in [6, 6.07) is 12.4. The summed E-state index contributed by atoms with van der Waals surface area (Å²) in [6.45, 7) is 5.10. The van der Waals surface area contributed by atoms with Crippen molar-refractivity contribution in [2.45, 2.75) is 20.3 Å². The highest BCUT2D eigenvalue weighted by atomic mass is 79.9. The Labute approximate surface area is 123 Å². The van der Waals surface area contributed by atoms with Gasteiger partial charge in [-0.2, -0.15) is 0 Å². The molecule has 3 N–H and O–H groups in total. The fraction of sp³-hybridized carbons (Fsp3) is 0.250.